The maximum absolute atomic E-state index is 13.7. The summed E-state index contributed by atoms with van der Waals surface area (Å²) in [7, 11) is 3.30. The van der Waals surface area contributed by atoms with Gasteiger partial charge in [-0.05, 0) is 86.9 Å². The normalized spacial score (nSPS) is 16.9. The summed E-state index contributed by atoms with van der Waals surface area (Å²) in [5.41, 5.74) is -2.20. The summed E-state index contributed by atoms with van der Waals surface area (Å²) in [6.45, 7) is 2.73. The molecule has 2 aromatic carbocycles. The zero-order chi connectivity index (χ0) is 26.2. The highest BCUT2D eigenvalue weighted by atomic mass is 19.4. The second-order valence-corrected chi connectivity index (χ2v) is 9.38. The molecule has 1 fully saturated rings. The molecule has 1 aliphatic rings. The predicted octanol–water partition coefficient (Wildman–Crippen LogP) is 6.18. The molecule has 0 unspecified atom stereocenters. The molecule has 10 heteroatoms. The molecule has 1 aliphatic heterocycles. The zero-order valence-electron chi connectivity index (χ0n) is 19.7. The molecular weight excluding hydrogens is 477 g/mol. The summed E-state index contributed by atoms with van der Waals surface area (Å²) < 4.78 is 92.9. The van der Waals surface area contributed by atoms with Gasteiger partial charge in [-0.25, -0.2) is 4.39 Å². The molecule has 1 heterocycles. The standard InChI is InChI=1S/C25H27F7N2O/c1-16-10-20(26)4-5-21(16)23(6-8-33(2)9-7-23)14-22(35)34(3)15-17-11-18(24(27,28)29)13-19(12-17)25(30,31)32/h4-5,10-13H,6-9,14-15H2,1-3H3. The van der Waals surface area contributed by atoms with Crippen LogP contribution in [0.5, 0.6) is 0 Å². The maximum Gasteiger partial charge on any atom is 0.416 e. The number of alkyl halides is 6. The Morgan fingerprint density at radius 1 is 0.971 bits per heavy atom. The van der Waals surface area contributed by atoms with E-state index in [1.165, 1.54) is 19.2 Å². The van der Waals surface area contributed by atoms with Crippen LogP contribution in [0.25, 0.3) is 0 Å². The molecule has 1 amide bonds. The Kier molecular flexibility index (Phi) is 7.55. The van der Waals surface area contributed by atoms with Crippen molar-refractivity contribution in [1.82, 2.24) is 9.80 Å². The molecule has 2 aromatic rings. The van der Waals surface area contributed by atoms with Crippen LogP contribution in [0.2, 0.25) is 0 Å². The smallest absolute Gasteiger partial charge is 0.341 e. The molecule has 0 bridgehead atoms. The maximum atomic E-state index is 13.7. The van der Waals surface area contributed by atoms with Gasteiger partial charge >= 0.3 is 12.4 Å². The van der Waals surface area contributed by atoms with Crippen molar-refractivity contribution in [3.8, 4) is 0 Å². The van der Waals surface area contributed by atoms with Gasteiger partial charge in [-0.1, -0.05) is 6.07 Å². The second-order valence-electron chi connectivity index (χ2n) is 9.38. The molecule has 3 nitrogen and oxygen atoms in total. The first-order chi connectivity index (χ1) is 16.1. The van der Waals surface area contributed by atoms with Gasteiger partial charge in [-0.2, -0.15) is 26.3 Å². The van der Waals surface area contributed by atoms with Gasteiger partial charge in [0.1, 0.15) is 5.82 Å². The average molecular weight is 504 g/mol. The first kappa shape index (κ1) is 27.0. The highest BCUT2D eigenvalue weighted by Crippen LogP contribution is 2.41. The van der Waals surface area contributed by atoms with Crippen LogP contribution in [-0.2, 0) is 29.1 Å². The molecule has 0 radical (unpaired) electrons. The third-order valence-electron chi connectivity index (χ3n) is 6.69. The minimum atomic E-state index is -4.96. The van der Waals surface area contributed by atoms with Crippen LogP contribution < -0.4 is 0 Å². The van der Waals surface area contributed by atoms with E-state index in [1.54, 1.807) is 13.0 Å². The fourth-order valence-electron chi connectivity index (χ4n) is 4.71. The second kappa shape index (κ2) is 9.79. The van der Waals surface area contributed by atoms with E-state index in [0.29, 0.717) is 43.6 Å². The fourth-order valence-corrected chi connectivity index (χ4v) is 4.71. The Bertz CT molecular complexity index is 1040. The lowest BCUT2D eigenvalue weighted by molar-refractivity contribution is -0.143. The molecule has 0 N–H and O–H groups in total. The number of likely N-dealkylation sites (tertiary alicyclic amines) is 1. The number of nitrogens with zero attached hydrogens (tertiary/aromatic N) is 2. The van der Waals surface area contributed by atoms with E-state index in [1.807, 2.05) is 7.05 Å². The van der Waals surface area contributed by atoms with Crippen LogP contribution in [-0.4, -0.2) is 42.9 Å². The third-order valence-corrected chi connectivity index (χ3v) is 6.69. The molecule has 3 rings (SSSR count). The van der Waals surface area contributed by atoms with E-state index in [9.17, 15) is 35.5 Å². The topological polar surface area (TPSA) is 23.6 Å². The number of hydrogen-bond acceptors (Lipinski definition) is 2. The van der Waals surface area contributed by atoms with Crippen molar-refractivity contribution in [2.75, 3.05) is 27.2 Å². The van der Waals surface area contributed by atoms with Gasteiger partial charge < -0.3 is 9.80 Å². The van der Waals surface area contributed by atoms with Crippen LogP contribution in [0.15, 0.2) is 36.4 Å². The van der Waals surface area contributed by atoms with E-state index < -0.39 is 47.2 Å². The largest absolute Gasteiger partial charge is 0.416 e. The summed E-state index contributed by atoms with van der Waals surface area (Å²) in [6, 6.07) is 5.72. The van der Waals surface area contributed by atoms with Crippen molar-refractivity contribution in [2.24, 2.45) is 0 Å². The number of carbonyl (C=O) groups excluding carboxylic acids is 1. The van der Waals surface area contributed by atoms with Gasteiger partial charge in [-0.15, -0.1) is 0 Å². The van der Waals surface area contributed by atoms with Gasteiger partial charge in [0.15, 0.2) is 0 Å². The fraction of sp³-hybridized carbons (Fsp3) is 0.480. The molecule has 0 aliphatic carbocycles. The van der Waals surface area contributed by atoms with E-state index >= 15 is 0 Å². The van der Waals surface area contributed by atoms with Crippen molar-refractivity contribution in [3.63, 3.8) is 0 Å². The zero-order valence-corrected chi connectivity index (χ0v) is 19.7. The van der Waals surface area contributed by atoms with Gasteiger partial charge in [-0.3, -0.25) is 4.79 Å². The third kappa shape index (κ3) is 6.34. The minimum absolute atomic E-state index is 0.00883. The number of amides is 1. The SMILES string of the molecule is Cc1cc(F)ccc1C1(CC(=O)N(C)Cc2cc(C(F)(F)F)cc(C(F)(F)F)c2)CCN(C)CC1. The van der Waals surface area contributed by atoms with Crippen LogP contribution in [0, 0.1) is 12.7 Å². The first-order valence-corrected chi connectivity index (χ1v) is 11.1. The number of benzene rings is 2. The summed E-state index contributed by atoms with van der Waals surface area (Å²) in [5.74, 6) is -0.813. The lowest BCUT2D eigenvalue weighted by Crippen LogP contribution is -2.44. The average Bonchev–Trinajstić information content (AvgIpc) is 2.74. The number of piperidine rings is 1. The summed E-state index contributed by atoms with van der Waals surface area (Å²) in [6.07, 6.45) is -8.70. The van der Waals surface area contributed by atoms with Gasteiger partial charge in [0.2, 0.25) is 5.91 Å². The monoisotopic (exact) mass is 504 g/mol. The number of halogens is 7. The summed E-state index contributed by atoms with van der Waals surface area (Å²) >= 11 is 0. The molecule has 0 saturated carbocycles. The molecular formula is C25H27F7N2O. The van der Waals surface area contributed by atoms with Crippen LogP contribution in [0.1, 0.15) is 47.1 Å². The lowest BCUT2D eigenvalue weighted by Gasteiger charge is -2.42. The van der Waals surface area contributed by atoms with Crippen LogP contribution in [0.4, 0.5) is 30.7 Å². The molecule has 192 valence electrons. The molecule has 0 aromatic heterocycles. The van der Waals surface area contributed by atoms with Crippen molar-refractivity contribution in [3.05, 3.63) is 70.0 Å². The van der Waals surface area contributed by atoms with Crippen molar-refractivity contribution >= 4 is 5.91 Å². The Balaban J connectivity index is 1.88. The lowest BCUT2D eigenvalue weighted by atomic mass is 9.69. The van der Waals surface area contributed by atoms with Gasteiger partial charge in [0.05, 0.1) is 11.1 Å². The Morgan fingerprint density at radius 3 is 2.00 bits per heavy atom. The van der Waals surface area contributed by atoms with Gasteiger partial charge in [0, 0.05) is 25.4 Å². The number of carbonyl (C=O) groups is 1. The number of rotatable bonds is 5. The van der Waals surface area contributed by atoms with Crippen molar-refractivity contribution in [2.45, 2.75) is 50.5 Å². The van der Waals surface area contributed by atoms with E-state index in [2.05, 4.69) is 4.90 Å². The van der Waals surface area contributed by atoms with Gasteiger partial charge in [0.25, 0.3) is 0 Å². The number of aryl methyl sites for hydroxylation is 1. The van der Waals surface area contributed by atoms with E-state index in [-0.39, 0.29) is 18.1 Å². The predicted molar refractivity (Wildman–Crippen MR) is 117 cm³/mol. The highest BCUT2D eigenvalue weighted by Gasteiger charge is 2.40. The Hall–Kier alpha value is -2.62. The summed E-state index contributed by atoms with van der Waals surface area (Å²) in [5, 5.41) is 0. The van der Waals surface area contributed by atoms with Crippen LogP contribution >= 0.6 is 0 Å². The molecule has 0 atom stereocenters. The quantitative estimate of drug-likeness (QED) is 0.454. The Morgan fingerprint density at radius 2 is 1.51 bits per heavy atom. The van der Waals surface area contributed by atoms with E-state index in [0.717, 1.165) is 10.5 Å². The highest BCUT2D eigenvalue weighted by molar-refractivity contribution is 5.78. The van der Waals surface area contributed by atoms with Crippen LogP contribution in [0.3, 0.4) is 0 Å². The minimum Gasteiger partial charge on any atom is -0.341 e. The van der Waals surface area contributed by atoms with E-state index in [4.69, 9.17) is 0 Å². The molecule has 1 saturated heterocycles. The van der Waals surface area contributed by atoms with Crippen molar-refractivity contribution in [1.29, 1.82) is 0 Å². The van der Waals surface area contributed by atoms with Crippen molar-refractivity contribution < 1.29 is 35.5 Å². The first-order valence-electron chi connectivity index (χ1n) is 11.1. The Labute approximate surface area is 199 Å². The number of hydrogen-bond donors (Lipinski definition) is 0. The molecule has 0 spiro atoms. The molecule has 35 heavy (non-hydrogen) atoms. The summed E-state index contributed by atoms with van der Waals surface area (Å²) in [4.78, 5) is 16.5.